The van der Waals surface area contributed by atoms with Crippen LogP contribution < -0.4 is 15.5 Å². The highest BCUT2D eigenvalue weighted by Gasteiger charge is 2.13. The van der Waals surface area contributed by atoms with Gasteiger partial charge in [-0.1, -0.05) is 6.92 Å². The third-order valence-electron chi connectivity index (χ3n) is 3.76. The number of amides is 1. The Morgan fingerprint density at radius 2 is 1.81 bits per heavy atom. The molecule has 1 aromatic carbocycles. The van der Waals surface area contributed by atoms with Crippen molar-refractivity contribution < 1.29 is 4.79 Å². The predicted molar refractivity (Wildman–Crippen MR) is 87.9 cm³/mol. The molecule has 0 aliphatic carbocycles. The van der Waals surface area contributed by atoms with E-state index in [9.17, 15) is 4.79 Å². The normalized spacial score (nSPS) is 15.8. The van der Waals surface area contributed by atoms with Crippen LogP contribution in [0.4, 0.5) is 11.4 Å². The number of anilines is 2. The zero-order chi connectivity index (χ0) is 15.1. The van der Waals surface area contributed by atoms with Crippen LogP contribution in [0.5, 0.6) is 0 Å². The summed E-state index contributed by atoms with van der Waals surface area (Å²) in [4.78, 5) is 16.3. The Bertz CT molecular complexity index is 438. The Balaban J connectivity index is 1.80. The van der Waals surface area contributed by atoms with Crippen molar-refractivity contribution in [1.29, 1.82) is 0 Å². The summed E-state index contributed by atoms with van der Waals surface area (Å²) in [6.45, 7) is 7.47. The van der Waals surface area contributed by atoms with E-state index in [1.165, 1.54) is 5.69 Å². The van der Waals surface area contributed by atoms with Crippen molar-refractivity contribution in [2.75, 3.05) is 56.5 Å². The first kappa shape index (κ1) is 15.6. The number of nitrogens with one attached hydrogen (secondary N) is 2. The molecule has 0 atom stereocenters. The number of hydrogen-bond acceptors (Lipinski definition) is 4. The second kappa shape index (κ2) is 7.88. The second-order valence-electron chi connectivity index (χ2n) is 5.54. The van der Waals surface area contributed by atoms with Crippen molar-refractivity contribution in [2.24, 2.45) is 0 Å². The molecule has 0 unspecified atom stereocenters. The lowest BCUT2D eigenvalue weighted by Crippen LogP contribution is -2.44. The van der Waals surface area contributed by atoms with E-state index >= 15 is 0 Å². The van der Waals surface area contributed by atoms with Crippen LogP contribution in [0.15, 0.2) is 24.3 Å². The van der Waals surface area contributed by atoms with Gasteiger partial charge in [0.2, 0.25) is 5.91 Å². The van der Waals surface area contributed by atoms with E-state index in [4.69, 9.17) is 0 Å². The van der Waals surface area contributed by atoms with E-state index in [2.05, 4.69) is 39.6 Å². The van der Waals surface area contributed by atoms with Crippen molar-refractivity contribution in [2.45, 2.75) is 13.3 Å². The topological polar surface area (TPSA) is 47.6 Å². The fourth-order valence-corrected chi connectivity index (χ4v) is 2.36. The molecule has 1 saturated heterocycles. The van der Waals surface area contributed by atoms with Gasteiger partial charge in [-0.15, -0.1) is 0 Å². The summed E-state index contributed by atoms with van der Waals surface area (Å²) in [7, 11) is 2.16. The fraction of sp³-hybridized carbons (Fsp3) is 0.562. The molecule has 1 heterocycles. The van der Waals surface area contributed by atoms with E-state index in [0.29, 0.717) is 6.54 Å². The van der Waals surface area contributed by atoms with Crippen molar-refractivity contribution in [3.63, 3.8) is 0 Å². The molecule has 1 aliphatic rings. The molecule has 1 fully saturated rings. The van der Waals surface area contributed by atoms with Crippen LogP contribution in [-0.4, -0.2) is 57.1 Å². The SMILES string of the molecule is CCCNC(=O)CNc1ccc(N2CCN(C)CC2)cc1. The number of carbonyl (C=O) groups excluding carboxylic acids is 1. The number of likely N-dealkylation sites (N-methyl/N-ethyl adjacent to an activating group) is 1. The highest BCUT2D eigenvalue weighted by molar-refractivity contribution is 5.80. The van der Waals surface area contributed by atoms with Gasteiger partial charge in [0.05, 0.1) is 6.54 Å². The van der Waals surface area contributed by atoms with Gasteiger partial charge in [0.1, 0.15) is 0 Å². The predicted octanol–water partition coefficient (Wildman–Crippen LogP) is 1.38. The molecule has 21 heavy (non-hydrogen) atoms. The maximum Gasteiger partial charge on any atom is 0.239 e. The van der Waals surface area contributed by atoms with Crippen LogP contribution in [0, 0.1) is 0 Å². The van der Waals surface area contributed by atoms with Crippen LogP contribution in [0.25, 0.3) is 0 Å². The zero-order valence-electron chi connectivity index (χ0n) is 13.1. The summed E-state index contributed by atoms with van der Waals surface area (Å²) in [5.41, 5.74) is 2.24. The number of piperazine rings is 1. The minimum absolute atomic E-state index is 0.0417. The minimum Gasteiger partial charge on any atom is -0.376 e. The molecule has 5 nitrogen and oxygen atoms in total. The minimum atomic E-state index is 0.0417. The first-order valence-corrected chi connectivity index (χ1v) is 7.73. The van der Waals surface area contributed by atoms with E-state index in [-0.39, 0.29) is 5.91 Å². The molecule has 0 radical (unpaired) electrons. The van der Waals surface area contributed by atoms with Crippen molar-refractivity contribution in [3.8, 4) is 0 Å². The molecule has 1 aromatic rings. The fourth-order valence-electron chi connectivity index (χ4n) is 2.36. The summed E-state index contributed by atoms with van der Waals surface area (Å²) >= 11 is 0. The lowest BCUT2D eigenvalue weighted by atomic mass is 10.2. The molecular weight excluding hydrogens is 264 g/mol. The molecule has 0 bridgehead atoms. The summed E-state index contributed by atoms with van der Waals surface area (Å²) in [6.07, 6.45) is 0.964. The van der Waals surface area contributed by atoms with Gasteiger partial charge in [-0.25, -0.2) is 0 Å². The first-order valence-electron chi connectivity index (χ1n) is 7.73. The largest absolute Gasteiger partial charge is 0.376 e. The summed E-state index contributed by atoms with van der Waals surface area (Å²) < 4.78 is 0. The average molecular weight is 290 g/mol. The standard InChI is InChI=1S/C16H26N4O/c1-3-8-17-16(21)13-18-14-4-6-15(7-5-14)20-11-9-19(2)10-12-20/h4-7,18H,3,8-13H2,1-2H3,(H,17,21). The smallest absolute Gasteiger partial charge is 0.239 e. The maximum absolute atomic E-state index is 11.5. The Kier molecular flexibility index (Phi) is 5.87. The van der Waals surface area contributed by atoms with E-state index in [0.717, 1.165) is 44.8 Å². The van der Waals surface area contributed by atoms with Gasteiger partial charge >= 0.3 is 0 Å². The average Bonchev–Trinajstić information content (AvgIpc) is 2.52. The van der Waals surface area contributed by atoms with E-state index in [1.54, 1.807) is 0 Å². The Hall–Kier alpha value is -1.75. The van der Waals surface area contributed by atoms with Crippen LogP contribution >= 0.6 is 0 Å². The molecule has 0 saturated carbocycles. The number of carbonyl (C=O) groups is 1. The van der Waals surface area contributed by atoms with Gasteiger partial charge in [0.25, 0.3) is 0 Å². The van der Waals surface area contributed by atoms with Crippen LogP contribution in [0.2, 0.25) is 0 Å². The molecule has 2 N–H and O–H groups in total. The third kappa shape index (κ3) is 4.93. The molecule has 116 valence electrons. The molecule has 0 aromatic heterocycles. The molecule has 1 aliphatic heterocycles. The van der Waals surface area contributed by atoms with Crippen LogP contribution in [-0.2, 0) is 4.79 Å². The monoisotopic (exact) mass is 290 g/mol. The van der Waals surface area contributed by atoms with Gasteiger partial charge in [-0.05, 0) is 37.7 Å². The second-order valence-corrected chi connectivity index (χ2v) is 5.54. The summed E-state index contributed by atoms with van der Waals surface area (Å²) in [5.74, 6) is 0.0417. The lowest BCUT2D eigenvalue weighted by molar-refractivity contribution is -0.119. The number of benzene rings is 1. The first-order chi connectivity index (χ1) is 10.2. The zero-order valence-corrected chi connectivity index (χ0v) is 13.1. The third-order valence-corrected chi connectivity index (χ3v) is 3.76. The number of nitrogens with zero attached hydrogens (tertiary/aromatic N) is 2. The Morgan fingerprint density at radius 1 is 1.14 bits per heavy atom. The van der Waals surface area contributed by atoms with Crippen molar-refractivity contribution >= 4 is 17.3 Å². The summed E-state index contributed by atoms with van der Waals surface area (Å²) in [6, 6.07) is 8.33. The molecule has 0 spiro atoms. The van der Waals surface area contributed by atoms with Crippen LogP contribution in [0.3, 0.4) is 0 Å². The number of rotatable bonds is 6. The quantitative estimate of drug-likeness (QED) is 0.831. The number of hydrogen-bond donors (Lipinski definition) is 2. The molecule has 2 rings (SSSR count). The van der Waals surface area contributed by atoms with E-state index < -0.39 is 0 Å². The molecule has 5 heteroatoms. The Morgan fingerprint density at radius 3 is 2.43 bits per heavy atom. The van der Waals surface area contributed by atoms with Crippen molar-refractivity contribution in [3.05, 3.63) is 24.3 Å². The summed E-state index contributed by atoms with van der Waals surface area (Å²) in [5, 5.41) is 6.01. The van der Waals surface area contributed by atoms with Gasteiger partial charge in [0.15, 0.2) is 0 Å². The highest BCUT2D eigenvalue weighted by atomic mass is 16.1. The van der Waals surface area contributed by atoms with Gasteiger partial charge < -0.3 is 20.4 Å². The molecular formula is C16H26N4O. The highest BCUT2D eigenvalue weighted by Crippen LogP contribution is 2.19. The maximum atomic E-state index is 11.5. The lowest BCUT2D eigenvalue weighted by Gasteiger charge is -2.34. The van der Waals surface area contributed by atoms with Gasteiger partial charge in [0, 0.05) is 44.1 Å². The molecule has 1 amide bonds. The van der Waals surface area contributed by atoms with Gasteiger partial charge in [-0.3, -0.25) is 4.79 Å². The van der Waals surface area contributed by atoms with Gasteiger partial charge in [-0.2, -0.15) is 0 Å². The van der Waals surface area contributed by atoms with E-state index in [1.807, 2.05) is 19.1 Å². The Labute approximate surface area is 127 Å². The van der Waals surface area contributed by atoms with Crippen LogP contribution in [0.1, 0.15) is 13.3 Å². The van der Waals surface area contributed by atoms with Crippen molar-refractivity contribution in [1.82, 2.24) is 10.2 Å².